The molecule has 0 aliphatic rings. The summed E-state index contributed by atoms with van der Waals surface area (Å²) in [5.74, 6) is 0.565. The van der Waals surface area contributed by atoms with E-state index in [-0.39, 0.29) is 0 Å². The third-order valence-electron chi connectivity index (χ3n) is 1.78. The van der Waals surface area contributed by atoms with Crippen LogP contribution in [0, 0.1) is 6.92 Å². The van der Waals surface area contributed by atoms with Crippen molar-refractivity contribution >= 4 is 11.6 Å². The predicted octanol–water partition coefficient (Wildman–Crippen LogP) is 2.34. The van der Waals surface area contributed by atoms with Gasteiger partial charge in [-0.15, -0.1) is 11.6 Å². The third-order valence-corrected chi connectivity index (χ3v) is 2.07. The van der Waals surface area contributed by atoms with E-state index in [9.17, 15) is 0 Å². The minimum Gasteiger partial charge on any atom is -0.270 e. The van der Waals surface area contributed by atoms with Crippen LogP contribution in [0.3, 0.4) is 0 Å². The lowest BCUT2D eigenvalue weighted by atomic mass is 10.3. The fourth-order valence-corrected chi connectivity index (χ4v) is 1.32. The number of aryl methyl sites for hydroxylation is 1. The summed E-state index contributed by atoms with van der Waals surface area (Å²) in [7, 11) is 0. The molecule has 0 aliphatic heterocycles. The van der Waals surface area contributed by atoms with Crippen LogP contribution in [0.1, 0.15) is 24.6 Å². The lowest BCUT2D eigenvalue weighted by Gasteiger charge is -2.00. The van der Waals surface area contributed by atoms with Crippen molar-refractivity contribution in [2.24, 2.45) is 0 Å². The molecule has 62 valence electrons. The molecule has 0 atom stereocenters. The number of hydrogen-bond acceptors (Lipinski definition) is 1. The second-order valence-electron chi connectivity index (χ2n) is 2.61. The molecule has 1 heterocycles. The van der Waals surface area contributed by atoms with E-state index in [1.807, 2.05) is 10.9 Å². The van der Waals surface area contributed by atoms with Crippen LogP contribution in [-0.4, -0.2) is 9.78 Å². The molecule has 2 nitrogen and oxygen atoms in total. The Morgan fingerprint density at radius 2 is 2.36 bits per heavy atom. The molecule has 3 heteroatoms. The first-order valence-electron chi connectivity index (χ1n) is 3.86. The highest BCUT2D eigenvalue weighted by Gasteiger charge is 2.02. The molecule has 0 fully saturated rings. The van der Waals surface area contributed by atoms with E-state index in [0.717, 1.165) is 18.5 Å². The molecule has 0 radical (unpaired) electrons. The predicted molar refractivity (Wildman–Crippen MR) is 46.8 cm³/mol. The van der Waals surface area contributed by atoms with Crippen molar-refractivity contribution in [3.8, 4) is 0 Å². The summed E-state index contributed by atoms with van der Waals surface area (Å²) >= 11 is 5.69. The fraction of sp³-hybridized carbons (Fsp3) is 0.625. The lowest BCUT2D eigenvalue weighted by molar-refractivity contribution is 0.586. The second-order valence-corrected chi connectivity index (χ2v) is 2.88. The molecule has 0 saturated carbocycles. The SMILES string of the molecule is CCCn1ncc(CCl)c1C. The highest BCUT2D eigenvalue weighted by Crippen LogP contribution is 2.09. The standard InChI is InChI=1S/C8H13ClN2/c1-3-4-11-7(2)8(5-9)6-10-11/h6H,3-5H2,1-2H3. The maximum atomic E-state index is 5.69. The van der Waals surface area contributed by atoms with Gasteiger partial charge in [-0.25, -0.2) is 0 Å². The quantitative estimate of drug-likeness (QED) is 0.640. The van der Waals surface area contributed by atoms with Crippen LogP contribution in [0.5, 0.6) is 0 Å². The Kier molecular flexibility index (Phi) is 2.94. The number of alkyl halides is 1. The van der Waals surface area contributed by atoms with Gasteiger partial charge in [0, 0.05) is 17.8 Å². The molecule has 0 aliphatic carbocycles. The monoisotopic (exact) mass is 172 g/mol. The summed E-state index contributed by atoms with van der Waals surface area (Å²) in [6.45, 7) is 5.19. The van der Waals surface area contributed by atoms with Gasteiger partial charge in [0.05, 0.1) is 12.1 Å². The average Bonchev–Trinajstić information content (AvgIpc) is 2.34. The zero-order valence-electron chi connectivity index (χ0n) is 6.97. The number of aromatic nitrogens is 2. The molecule has 0 unspecified atom stereocenters. The summed E-state index contributed by atoms with van der Waals surface area (Å²) in [6.07, 6.45) is 2.96. The molecule has 0 amide bonds. The molecule has 0 N–H and O–H groups in total. The summed E-state index contributed by atoms with van der Waals surface area (Å²) < 4.78 is 2.00. The van der Waals surface area contributed by atoms with Gasteiger partial charge < -0.3 is 0 Å². The van der Waals surface area contributed by atoms with Gasteiger partial charge in [-0.05, 0) is 13.3 Å². The molecule has 1 rings (SSSR count). The van der Waals surface area contributed by atoms with Crippen LogP contribution in [0.4, 0.5) is 0 Å². The van der Waals surface area contributed by atoms with Crippen LogP contribution in [0.2, 0.25) is 0 Å². The Balaban J connectivity index is 2.82. The van der Waals surface area contributed by atoms with Crippen molar-refractivity contribution in [2.45, 2.75) is 32.7 Å². The van der Waals surface area contributed by atoms with Crippen molar-refractivity contribution in [3.63, 3.8) is 0 Å². The number of nitrogens with zero attached hydrogens (tertiary/aromatic N) is 2. The second kappa shape index (κ2) is 3.77. The Morgan fingerprint density at radius 3 is 2.82 bits per heavy atom. The summed E-state index contributed by atoms with van der Waals surface area (Å²) in [5, 5.41) is 4.21. The molecule has 0 saturated heterocycles. The van der Waals surface area contributed by atoms with E-state index in [1.54, 1.807) is 0 Å². The van der Waals surface area contributed by atoms with Crippen LogP contribution >= 0.6 is 11.6 Å². The molecule has 1 aromatic heterocycles. The summed E-state index contributed by atoms with van der Waals surface area (Å²) in [6, 6.07) is 0. The van der Waals surface area contributed by atoms with Crippen molar-refractivity contribution in [1.82, 2.24) is 9.78 Å². The van der Waals surface area contributed by atoms with E-state index in [0.29, 0.717) is 5.88 Å². The highest BCUT2D eigenvalue weighted by atomic mass is 35.5. The maximum Gasteiger partial charge on any atom is 0.0536 e. The number of halogens is 1. The highest BCUT2D eigenvalue weighted by molar-refractivity contribution is 6.17. The van der Waals surface area contributed by atoms with E-state index in [1.165, 1.54) is 5.69 Å². The zero-order chi connectivity index (χ0) is 8.27. The van der Waals surface area contributed by atoms with Crippen LogP contribution in [0.25, 0.3) is 0 Å². The van der Waals surface area contributed by atoms with Gasteiger partial charge >= 0.3 is 0 Å². The first-order valence-corrected chi connectivity index (χ1v) is 4.40. The molecule has 1 aromatic rings. The fourth-order valence-electron chi connectivity index (χ4n) is 1.05. The minimum absolute atomic E-state index is 0.565. The van der Waals surface area contributed by atoms with Crippen LogP contribution in [0.15, 0.2) is 6.20 Å². The first-order chi connectivity index (χ1) is 5.29. The van der Waals surface area contributed by atoms with E-state index < -0.39 is 0 Å². The lowest BCUT2D eigenvalue weighted by Crippen LogP contribution is -2.01. The third kappa shape index (κ3) is 1.74. The van der Waals surface area contributed by atoms with Crippen LogP contribution < -0.4 is 0 Å². The molecule has 0 bridgehead atoms. The number of rotatable bonds is 3. The molecular weight excluding hydrogens is 160 g/mol. The Bertz CT molecular complexity index is 230. The Hall–Kier alpha value is -0.500. The average molecular weight is 173 g/mol. The van der Waals surface area contributed by atoms with Gasteiger partial charge in [0.25, 0.3) is 0 Å². The van der Waals surface area contributed by atoms with E-state index in [2.05, 4.69) is 18.9 Å². The largest absolute Gasteiger partial charge is 0.270 e. The van der Waals surface area contributed by atoms with Crippen molar-refractivity contribution in [2.75, 3.05) is 0 Å². The van der Waals surface area contributed by atoms with Gasteiger partial charge in [0.2, 0.25) is 0 Å². The molecule has 0 spiro atoms. The smallest absolute Gasteiger partial charge is 0.0536 e. The van der Waals surface area contributed by atoms with Gasteiger partial charge in [0.15, 0.2) is 0 Å². The van der Waals surface area contributed by atoms with Crippen molar-refractivity contribution < 1.29 is 0 Å². The molecular formula is C8H13ClN2. The maximum absolute atomic E-state index is 5.69. The zero-order valence-corrected chi connectivity index (χ0v) is 7.73. The Morgan fingerprint density at radius 1 is 1.64 bits per heavy atom. The van der Waals surface area contributed by atoms with Gasteiger partial charge in [-0.3, -0.25) is 4.68 Å². The van der Waals surface area contributed by atoms with E-state index in [4.69, 9.17) is 11.6 Å². The van der Waals surface area contributed by atoms with Crippen LogP contribution in [-0.2, 0) is 12.4 Å². The van der Waals surface area contributed by atoms with Gasteiger partial charge in [-0.1, -0.05) is 6.92 Å². The van der Waals surface area contributed by atoms with Crippen molar-refractivity contribution in [3.05, 3.63) is 17.5 Å². The van der Waals surface area contributed by atoms with E-state index >= 15 is 0 Å². The molecule has 0 aromatic carbocycles. The Labute approximate surface area is 72.2 Å². The normalized spacial score (nSPS) is 10.5. The first kappa shape index (κ1) is 8.60. The topological polar surface area (TPSA) is 17.8 Å². The molecule has 11 heavy (non-hydrogen) atoms. The van der Waals surface area contributed by atoms with Gasteiger partial charge in [-0.2, -0.15) is 5.10 Å². The number of hydrogen-bond donors (Lipinski definition) is 0. The van der Waals surface area contributed by atoms with Gasteiger partial charge in [0.1, 0.15) is 0 Å². The summed E-state index contributed by atoms with van der Waals surface area (Å²) in [5.41, 5.74) is 2.34. The van der Waals surface area contributed by atoms with Crippen molar-refractivity contribution in [1.29, 1.82) is 0 Å². The minimum atomic E-state index is 0.565. The summed E-state index contributed by atoms with van der Waals surface area (Å²) in [4.78, 5) is 0.